The molecule has 0 saturated heterocycles. The van der Waals surface area contributed by atoms with Crippen LogP contribution in [0.3, 0.4) is 0 Å². The van der Waals surface area contributed by atoms with Gasteiger partial charge in [0, 0.05) is 40.9 Å². The average Bonchev–Trinajstić information content (AvgIpc) is 3.61. The molecule has 0 N–H and O–H groups in total. The third kappa shape index (κ3) is 5.20. The van der Waals surface area contributed by atoms with Crippen LogP contribution in [0.5, 0.6) is 0 Å². The van der Waals surface area contributed by atoms with E-state index in [9.17, 15) is 0 Å². The maximum atomic E-state index is 4.25. The molecule has 0 atom stereocenters. The average molecular weight is 700 g/mol. The topological polar surface area (TPSA) is 30.7 Å². The summed E-state index contributed by atoms with van der Waals surface area (Å²) in [7, 11) is 0. The highest BCUT2D eigenvalue weighted by molar-refractivity contribution is 6.24. The number of hydrogen-bond donors (Lipinski definition) is 0. The number of benzene rings is 8. The second-order valence-corrected chi connectivity index (χ2v) is 14.3. The highest BCUT2D eigenvalue weighted by Gasteiger charge is 2.19. The summed E-state index contributed by atoms with van der Waals surface area (Å²) in [5.74, 6) is 0. The Bertz CT molecular complexity index is 3030. The van der Waals surface area contributed by atoms with Crippen molar-refractivity contribution in [2.45, 2.75) is 0 Å². The molecule has 3 nitrogen and oxygen atoms in total. The van der Waals surface area contributed by atoms with Gasteiger partial charge in [0.15, 0.2) is 0 Å². The van der Waals surface area contributed by atoms with Crippen molar-refractivity contribution in [3.63, 3.8) is 0 Å². The van der Waals surface area contributed by atoms with E-state index in [-0.39, 0.29) is 0 Å². The molecule has 0 aliphatic carbocycles. The van der Waals surface area contributed by atoms with Gasteiger partial charge in [0.25, 0.3) is 0 Å². The Hall–Kier alpha value is -7.36. The zero-order valence-corrected chi connectivity index (χ0v) is 29.9. The summed E-state index contributed by atoms with van der Waals surface area (Å²) in [5, 5.41) is 7.62. The van der Waals surface area contributed by atoms with Gasteiger partial charge in [0.2, 0.25) is 0 Å². The predicted octanol–water partition coefficient (Wildman–Crippen LogP) is 13.7. The minimum absolute atomic E-state index is 1.15. The Morgan fingerprint density at radius 1 is 0.309 bits per heavy atom. The summed E-state index contributed by atoms with van der Waals surface area (Å²) in [4.78, 5) is 8.50. The molecule has 0 fully saturated rings. The summed E-state index contributed by atoms with van der Waals surface area (Å²) < 4.78 is 2.47. The Morgan fingerprint density at radius 2 is 0.764 bits per heavy atom. The van der Waals surface area contributed by atoms with Gasteiger partial charge in [-0.3, -0.25) is 9.97 Å². The van der Waals surface area contributed by atoms with Crippen molar-refractivity contribution in [3.8, 4) is 61.3 Å². The molecule has 0 aliphatic heterocycles. The van der Waals surface area contributed by atoms with E-state index >= 15 is 0 Å². The third-order valence-electron chi connectivity index (χ3n) is 11.1. The Kier molecular flexibility index (Phi) is 7.17. The van der Waals surface area contributed by atoms with Crippen LogP contribution in [0.25, 0.3) is 105 Å². The molecule has 11 rings (SSSR count). The fourth-order valence-corrected chi connectivity index (χ4v) is 8.57. The molecule has 0 saturated carbocycles. The fraction of sp³-hybridized carbons (Fsp3) is 0. The molecule has 3 aromatic heterocycles. The normalized spacial score (nSPS) is 11.6. The van der Waals surface area contributed by atoms with Crippen LogP contribution in [-0.2, 0) is 0 Å². The van der Waals surface area contributed by atoms with Crippen molar-refractivity contribution in [1.29, 1.82) is 0 Å². The first kappa shape index (κ1) is 31.2. The summed E-state index contributed by atoms with van der Waals surface area (Å²) in [6.07, 6.45) is 7.42. The maximum absolute atomic E-state index is 4.25. The SMILES string of the molecule is c1cc(-c2ccncc2)cc(-c2cc(-c3cccc(-c4ccncc4)c3)cc(-c3ccc(-n4c5cccc6ccc7cccc4c7c65)c4ccccc34)c2)c1. The van der Waals surface area contributed by atoms with E-state index in [1.54, 1.807) is 0 Å². The van der Waals surface area contributed by atoms with Crippen LogP contribution < -0.4 is 0 Å². The van der Waals surface area contributed by atoms with Crippen molar-refractivity contribution < 1.29 is 0 Å². The van der Waals surface area contributed by atoms with E-state index in [4.69, 9.17) is 0 Å². The number of pyridine rings is 2. The molecule has 0 radical (unpaired) electrons. The molecule has 55 heavy (non-hydrogen) atoms. The molecule has 0 spiro atoms. The largest absolute Gasteiger partial charge is 0.309 e. The minimum atomic E-state index is 1.15. The predicted molar refractivity (Wildman–Crippen MR) is 230 cm³/mol. The summed E-state index contributed by atoms with van der Waals surface area (Å²) >= 11 is 0. The smallest absolute Gasteiger partial charge is 0.0547 e. The van der Waals surface area contributed by atoms with Gasteiger partial charge in [0.05, 0.1) is 16.7 Å². The third-order valence-corrected chi connectivity index (χ3v) is 11.1. The molecular formula is C52H33N3. The highest BCUT2D eigenvalue weighted by Crippen LogP contribution is 2.43. The van der Waals surface area contributed by atoms with Gasteiger partial charge in [-0.15, -0.1) is 0 Å². The van der Waals surface area contributed by atoms with Crippen LogP contribution in [0.4, 0.5) is 0 Å². The number of hydrogen-bond acceptors (Lipinski definition) is 2. The molecule has 8 aromatic carbocycles. The van der Waals surface area contributed by atoms with E-state index in [1.165, 1.54) is 82.4 Å². The van der Waals surface area contributed by atoms with Crippen molar-refractivity contribution in [3.05, 3.63) is 201 Å². The molecular weight excluding hydrogens is 667 g/mol. The van der Waals surface area contributed by atoms with Crippen LogP contribution >= 0.6 is 0 Å². The van der Waals surface area contributed by atoms with Crippen molar-refractivity contribution in [2.75, 3.05) is 0 Å². The number of aromatic nitrogens is 3. The summed E-state index contributed by atoms with van der Waals surface area (Å²) in [6.45, 7) is 0. The monoisotopic (exact) mass is 699 g/mol. The van der Waals surface area contributed by atoms with Crippen molar-refractivity contribution in [1.82, 2.24) is 14.5 Å². The molecule has 256 valence electrons. The van der Waals surface area contributed by atoms with E-state index in [0.29, 0.717) is 0 Å². The number of nitrogens with zero attached hydrogens (tertiary/aromatic N) is 3. The van der Waals surface area contributed by atoms with Crippen molar-refractivity contribution >= 4 is 43.4 Å². The van der Waals surface area contributed by atoms with Crippen LogP contribution in [-0.4, -0.2) is 14.5 Å². The number of fused-ring (bicyclic) bond motifs is 1. The molecule has 3 heteroatoms. The second-order valence-electron chi connectivity index (χ2n) is 14.3. The van der Waals surface area contributed by atoms with Gasteiger partial charge in [-0.2, -0.15) is 0 Å². The fourth-order valence-electron chi connectivity index (χ4n) is 8.57. The van der Waals surface area contributed by atoms with Crippen LogP contribution in [0.2, 0.25) is 0 Å². The lowest BCUT2D eigenvalue weighted by atomic mass is 9.89. The molecule has 0 bridgehead atoms. The molecule has 3 heterocycles. The first-order valence-electron chi connectivity index (χ1n) is 18.7. The van der Waals surface area contributed by atoms with E-state index in [0.717, 1.165) is 22.3 Å². The zero-order valence-electron chi connectivity index (χ0n) is 29.9. The maximum Gasteiger partial charge on any atom is 0.0547 e. The van der Waals surface area contributed by atoms with Gasteiger partial charge < -0.3 is 4.57 Å². The number of rotatable bonds is 6. The lowest BCUT2D eigenvalue weighted by Crippen LogP contribution is -1.96. The summed E-state index contributed by atoms with van der Waals surface area (Å²) in [5.41, 5.74) is 15.3. The molecule has 11 aromatic rings. The first-order chi connectivity index (χ1) is 27.3. The zero-order chi connectivity index (χ0) is 36.3. The second kappa shape index (κ2) is 12.6. The quantitative estimate of drug-likeness (QED) is 0.162. The van der Waals surface area contributed by atoms with Gasteiger partial charge in [0.1, 0.15) is 0 Å². The highest BCUT2D eigenvalue weighted by atomic mass is 15.0. The molecule has 0 unspecified atom stereocenters. The van der Waals surface area contributed by atoms with Gasteiger partial charge in [-0.25, -0.2) is 0 Å². The lowest BCUT2D eigenvalue weighted by molar-refractivity contribution is 1.20. The minimum Gasteiger partial charge on any atom is -0.309 e. The van der Waals surface area contributed by atoms with Gasteiger partial charge >= 0.3 is 0 Å². The van der Waals surface area contributed by atoms with E-state index < -0.39 is 0 Å². The van der Waals surface area contributed by atoms with E-state index in [1.807, 2.05) is 24.8 Å². The first-order valence-corrected chi connectivity index (χ1v) is 18.7. The molecule has 0 aliphatic rings. The van der Waals surface area contributed by atoms with Crippen LogP contribution in [0.1, 0.15) is 0 Å². The summed E-state index contributed by atoms with van der Waals surface area (Å²) in [6, 6.07) is 64.4. The standard InChI is InChI=1S/C52H33N3/c1-2-14-47-46(13-1)45(19-20-48(47)55-49-15-5-7-36-17-18-37-8-6-16-50(55)52(37)51(36)49)44-32-42(40-11-3-9-38(29-40)34-21-25-53-26-22-34)31-43(33-44)41-12-4-10-39(30-41)35-23-27-54-28-24-35/h1-33H. The molecule has 0 amide bonds. The Balaban J connectivity index is 1.13. The van der Waals surface area contributed by atoms with Gasteiger partial charge in [-0.05, 0) is 145 Å². The van der Waals surface area contributed by atoms with Gasteiger partial charge in [-0.1, -0.05) is 103 Å². The Labute approximate surface area is 318 Å². The van der Waals surface area contributed by atoms with Crippen LogP contribution in [0, 0.1) is 0 Å². The Morgan fingerprint density at radius 3 is 1.31 bits per heavy atom. The van der Waals surface area contributed by atoms with Crippen molar-refractivity contribution in [2.24, 2.45) is 0 Å². The lowest BCUT2D eigenvalue weighted by Gasteiger charge is -2.17. The van der Waals surface area contributed by atoms with Crippen LogP contribution in [0.15, 0.2) is 201 Å². The van der Waals surface area contributed by atoms with E-state index in [2.05, 4.69) is 190 Å².